The highest BCUT2D eigenvalue weighted by molar-refractivity contribution is 5.62. The maximum absolute atomic E-state index is 13.6. The second kappa shape index (κ2) is 4.36. The van der Waals surface area contributed by atoms with E-state index in [1.54, 1.807) is 6.07 Å². The average Bonchev–Trinajstić information content (AvgIpc) is 2.31. The fourth-order valence-corrected chi connectivity index (χ4v) is 1.67. The van der Waals surface area contributed by atoms with Gasteiger partial charge < -0.3 is 11.1 Å². The maximum atomic E-state index is 13.6. The van der Waals surface area contributed by atoms with E-state index >= 15 is 0 Å². The number of anilines is 2. The Morgan fingerprint density at radius 1 is 1.33 bits per heavy atom. The quantitative estimate of drug-likeness (QED) is 0.714. The van der Waals surface area contributed by atoms with E-state index in [4.69, 9.17) is 5.73 Å². The summed E-state index contributed by atoms with van der Waals surface area (Å²) in [4.78, 5) is 25.2. The number of halogens is 1. The molecule has 0 saturated carbocycles. The minimum atomic E-state index is -0.790. The fourth-order valence-electron chi connectivity index (χ4n) is 1.67. The number of benzene rings is 1. The van der Waals surface area contributed by atoms with Crippen molar-refractivity contribution in [1.82, 2.24) is 9.55 Å². The predicted octanol–water partition coefficient (Wildman–Crippen LogP) is 0.289. The standard InChI is InChI=1S/C11H11FN4O2/c1-14-8-9(13)16(11(18)15-10(8)17)7-5-3-2-4-6(7)12/h2-5,14H,13H2,1H3,(H,15,17,18). The highest BCUT2D eigenvalue weighted by Gasteiger charge is 2.14. The van der Waals surface area contributed by atoms with Crippen molar-refractivity contribution in [3.63, 3.8) is 0 Å². The van der Waals surface area contributed by atoms with E-state index in [2.05, 4.69) is 10.3 Å². The first-order chi connectivity index (χ1) is 8.56. The van der Waals surface area contributed by atoms with Gasteiger partial charge in [0.1, 0.15) is 17.3 Å². The number of nitrogen functional groups attached to an aromatic ring is 1. The van der Waals surface area contributed by atoms with Gasteiger partial charge in [-0.15, -0.1) is 0 Å². The Hall–Kier alpha value is -2.57. The summed E-state index contributed by atoms with van der Waals surface area (Å²) in [7, 11) is 1.48. The fraction of sp³-hybridized carbons (Fsp3) is 0.0909. The molecule has 0 bridgehead atoms. The van der Waals surface area contributed by atoms with E-state index < -0.39 is 17.1 Å². The second-order valence-electron chi connectivity index (χ2n) is 3.56. The lowest BCUT2D eigenvalue weighted by molar-refractivity contribution is 0.615. The van der Waals surface area contributed by atoms with E-state index in [0.29, 0.717) is 0 Å². The third kappa shape index (κ3) is 1.75. The zero-order valence-electron chi connectivity index (χ0n) is 9.53. The van der Waals surface area contributed by atoms with Crippen molar-refractivity contribution in [2.45, 2.75) is 0 Å². The molecule has 0 unspecified atom stereocenters. The molecular weight excluding hydrogens is 239 g/mol. The summed E-state index contributed by atoms with van der Waals surface area (Å²) >= 11 is 0. The van der Waals surface area contributed by atoms with Crippen LogP contribution in [0.5, 0.6) is 0 Å². The number of hydrogen-bond donors (Lipinski definition) is 3. The van der Waals surface area contributed by atoms with Gasteiger partial charge in [-0.3, -0.25) is 9.78 Å². The first kappa shape index (κ1) is 11.9. The van der Waals surface area contributed by atoms with Crippen LogP contribution >= 0.6 is 0 Å². The number of nitrogens with two attached hydrogens (primary N) is 1. The number of hydrogen-bond acceptors (Lipinski definition) is 4. The van der Waals surface area contributed by atoms with Crippen molar-refractivity contribution < 1.29 is 4.39 Å². The first-order valence-electron chi connectivity index (χ1n) is 5.13. The van der Waals surface area contributed by atoms with Gasteiger partial charge in [0.2, 0.25) is 0 Å². The van der Waals surface area contributed by atoms with Crippen LogP contribution in [-0.2, 0) is 0 Å². The van der Waals surface area contributed by atoms with Crippen LogP contribution in [-0.4, -0.2) is 16.6 Å². The van der Waals surface area contributed by atoms with Crippen LogP contribution in [0.3, 0.4) is 0 Å². The molecule has 1 heterocycles. The third-order valence-corrected chi connectivity index (χ3v) is 2.49. The molecule has 94 valence electrons. The van der Waals surface area contributed by atoms with Gasteiger partial charge in [-0.1, -0.05) is 12.1 Å². The molecular formula is C11H11FN4O2. The lowest BCUT2D eigenvalue weighted by atomic mass is 10.3. The summed E-state index contributed by atoms with van der Waals surface area (Å²) in [6.45, 7) is 0. The van der Waals surface area contributed by atoms with Crippen LogP contribution in [0.25, 0.3) is 5.69 Å². The zero-order valence-corrected chi connectivity index (χ0v) is 9.53. The summed E-state index contributed by atoms with van der Waals surface area (Å²) < 4.78 is 14.5. The van der Waals surface area contributed by atoms with Crippen LogP contribution in [0.15, 0.2) is 33.9 Å². The molecule has 0 saturated heterocycles. The lowest BCUT2D eigenvalue weighted by Gasteiger charge is -2.12. The molecule has 1 aromatic heterocycles. The average molecular weight is 250 g/mol. The summed E-state index contributed by atoms with van der Waals surface area (Å²) in [6, 6.07) is 5.65. The molecule has 6 nitrogen and oxygen atoms in total. The molecule has 0 amide bonds. The number of H-pyrrole nitrogens is 1. The summed E-state index contributed by atoms with van der Waals surface area (Å²) in [6.07, 6.45) is 0. The molecule has 1 aromatic carbocycles. The highest BCUT2D eigenvalue weighted by Crippen LogP contribution is 2.17. The van der Waals surface area contributed by atoms with Crippen molar-refractivity contribution in [2.75, 3.05) is 18.1 Å². The molecule has 0 spiro atoms. The van der Waals surface area contributed by atoms with Crippen molar-refractivity contribution in [3.8, 4) is 5.69 Å². The van der Waals surface area contributed by atoms with E-state index in [1.807, 2.05) is 0 Å². The van der Waals surface area contributed by atoms with Crippen LogP contribution in [0.2, 0.25) is 0 Å². The van der Waals surface area contributed by atoms with Crippen LogP contribution < -0.4 is 22.3 Å². The maximum Gasteiger partial charge on any atom is 0.334 e. The van der Waals surface area contributed by atoms with Gasteiger partial charge in [0, 0.05) is 7.05 Å². The van der Waals surface area contributed by atoms with Gasteiger partial charge in [-0.25, -0.2) is 13.8 Å². The van der Waals surface area contributed by atoms with Crippen LogP contribution in [0.1, 0.15) is 0 Å². The Morgan fingerprint density at radius 3 is 2.61 bits per heavy atom. The van der Waals surface area contributed by atoms with Crippen molar-refractivity contribution in [2.24, 2.45) is 0 Å². The van der Waals surface area contributed by atoms with Gasteiger partial charge in [-0.05, 0) is 12.1 Å². The van der Waals surface area contributed by atoms with Crippen LogP contribution in [0, 0.1) is 5.82 Å². The van der Waals surface area contributed by atoms with Gasteiger partial charge in [-0.2, -0.15) is 0 Å². The number of aromatic nitrogens is 2. The molecule has 0 fully saturated rings. The SMILES string of the molecule is CNc1c(N)n(-c2ccccc2F)c(=O)[nH]c1=O. The molecule has 0 atom stereocenters. The summed E-state index contributed by atoms with van der Waals surface area (Å²) in [5, 5.41) is 2.57. The smallest absolute Gasteiger partial charge is 0.334 e. The topological polar surface area (TPSA) is 92.9 Å². The largest absolute Gasteiger partial charge is 0.383 e. The molecule has 4 N–H and O–H groups in total. The number of rotatable bonds is 2. The summed E-state index contributed by atoms with van der Waals surface area (Å²) in [5.74, 6) is -0.753. The molecule has 2 rings (SSSR count). The lowest BCUT2D eigenvalue weighted by Crippen LogP contribution is -2.33. The van der Waals surface area contributed by atoms with E-state index in [-0.39, 0.29) is 17.2 Å². The third-order valence-electron chi connectivity index (χ3n) is 2.49. The Bertz CT molecular complexity index is 705. The first-order valence-corrected chi connectivity index (χ1v) is 5.13. The molecule has 2 aromatic rings. The Labute approximate surface area is 101 Å². The van der Waals surface area contributed by atoms with Gasteiger partial charge >= 0.3 is 5.69 Å². The molecule has 0 aliphatic heterocycles. The van der Waals surface area contributed by atoms with Gasteiger partial charge in [0.05, 0.1) is 5.69 Å². The Morgan fingerprint density at radius 2 is 2.00 bits per heavy atom. The van der Waals surface area contributed by atoms with E-state index in [0.717, 1.165) is 4.57 Å². The van der Waals surface area contributed by atoms with Crippen molar-refractivity contribution in [3.05, 3.63) is 50.9 Å². The minimum absolute atomic E-state index is 0.0119. The van der Waals surface area contributed by atoms with E-state index in [9.17, 15) is 14.0 Å². The normalized spacial score (nSPS) is 10.3. The van der Waals surface area contributed by atoms with E-state index in [1.165, 1.54) is 25.2 Å². The predicted molar refractivity (Wildman–Crippen MR) is 66.6 cm³/mol. The highest BCUT2D eigenvalue weighted by atomic mass is 19.1. The van der Waals surface area contributed by atoms with Crippen molar-refractivity contribution in [1.29, 1.82) is 0 Å². The minimum Gasteiger partial charge on any atom is -0.383 e. The Balaban J connectivity index is 2.85. The molecule has 0 aliphatic carbocycles. The molecule has 0 radical (unpaired) electrons. The zero-order chi connectivity index (χ0) is 13.3. The van der Waals surface area contributed by atoms with Gasteiger partial charge in [0.25, 0.3) is 5.56 Å². The molecule has 0 aliphatic rings. The molecule has 18 heavy (non-hydrogen) atoms. The Kier molecular flexibility index (Phi) is 2.88. The number of para-hydroxylation sites is 1. The number of nitrogens with zero attached hydrogens (tertiary/aromatic N) is 1. The number of nitrogens with one attached hydrogen (secondary N) is 2. The van der Waals surface area contributed by atoms with Gasteiger partial charge in [0.15, 0.2) is 0 Å². The molecule has 7 heteroatoms. The van der Waals surface area contributed by atoms with Crippen molar-refractivity contribution >= 4 is 11.5 Å². The number of aromatic amines is 1. The van der Waals surface area contributed by atoms with Crippen LogP contribution in [0.4, 0.5) is 15.9 Å². The second-order valence-corrected chi connectivity index (χ2v) is 3.56. The summed E-state index contributed by atoms with van der Waals surface area (Å²) in [5.41, 5.74) is 4.27. The monoisotopic (exact) mass is 250 g/mol.